The van der Waals surface area contributed by atoms with Gasteiger partial charge in [-0.15, -0.1) is 0 Å². The molecule has 2 rings (SSSR count). The predicted molar refractivity (Wildman–Crippen MR) is 92.9 cm³/mol. The maximum atomic E-state index is 13.1. The molecule has 0 radical (unpaired) electrons. The second-order valence-electron chi connectivity index (χ2n) is 6.12. The molecule has 1 fully saturated rings. The van der Waals surface area contributed by atoms with Gasteiger partial charge >= 0.3 is 0 Å². The van der Waals surface area contributed by atoms with E-state index in [2.05, 4.69) is 10.6 Å². The van der Waals surface area contributed by atoms with E-state index >= 15 is 0 Å². The van der Waals surface area contributed by atoms with Crippen molar-refractivity contribution in [2.45, 2.75) is 0 Å². The lowest BCUT2D eigenvalue weighted by molar-refractivity contribution is -0.136. The highest BCUT2D eigenvalue weighted by atomic mass is 19.2. The van der Waals surface area contributed by atoms with Gasteiger partial charge < -0.3 is 20.3 Å². The number of morpholine rings is 1. The van der Waals surface area contributed by atoms with Crippen molar-refractivity contribution in [2.75, 3.05) is 58.3 Å². The highest BCUT2D eigenvalue weighted by Gasteiger charge is 2.19. The maximum absolute atomic E-state index is 13.1. The molecule has 2 N–H and O–H groups in total. The molecule has 10 heteroatoms. The molecule has 3 amide bonds. The summed E-state index contributed by atoms with van der Waals surface area (Å²) < 4.78 is 31.1. The third-order valence-electron chi connectivity index (χ3n) is 3.83. The van der Waals surface area contributed by atoms with Crippen molar-refractivity contribution in [1.29, 1.82) is 0 Å². The van der Waals surface area contributed by atoms with Crippen LogP contribution in [0.4, 0.5) is 14.5 Å². The SMILES string of the molecule is CN(CC(=O)NCC(=O)Nc1ccc(F)c(F)c1)CC(=O)N1CCOCC1. The lowest BCUT2D eigenvalue weighted by Gasteiger charge is -2.28. The van der Waals surface area contributed by atoms with Gasteiger partial charge in [-0.25, -0.2) is 8.78 Å². The number of carbonyl (C=O) groups is 3. The number of nitrogens with zero attached hydrogens (tertiary/aromatic N) is 2. The quantitative estimate of drug-likeness (QED) is 0.680. The van der Waals surface area contributed by atoms with Crippen LogP contribution in [-0.2, 0) is 19.1 Å². The summed E-state index contributed by atoms with van der Waals surface area (Å²) in [6.07, 6.45) is 0. The van der Waals surface area contributed by atoms with Gasteiger partial charge in [0.2, 0.25) is 17.7 Å². The van der Waals surface area contributed by atoms with E-state index < -0.39 is 23.4 Å². The van der Waals surface area contributed by atoms with Gasteiger partial charge in [0.15, 0.2) is 11.6 Å². The summed E-state index contributed by atoms with van der Waals surface area (Å²) in [5.41, 5.74) is 0.0846. The van der Waals surface area contributed by atoms with E-state index in [-0.39, 0.29) is 31.2 Å². The first-order valence-electron chi connectivity index (χ1n) is 8.41. The third kappa shape index (κ3) is 6.91. The van der Waals surface area contributed by atoms with Crippen LogP contribution in [0.3, 0.4) is 0 Å². The van der Waals surface area contributed by atoms with Crippen molar-refractivity contribution >= 4 is 23.4 Å². The zero-order valence-corrected chi connectivity index (χ0v) is 15.0. The van der Waals surface area contributed by atoms with Gasteiger partial charge in [0.25, 0.3) is 0 Å². The molecule has 1 heterocycles. The summed E-state index contributed by atoms with van der Waals surface area (Å²) in [6, 6.07) is 2.95. The minimum Gasteiger partial charge on any atom is -0.378 e. The molecular weight excluding hydrogens is 362 g/mol. The van der Waals surface area contributed by atoms with Crippen molar-refractivity contribution in [3.8, 4) is 0 Å². The van der Waals surface area contributed by atoms with Crippen LogP contribution in [0.1, 0.15) is 0 Å². The van der Waals surface area contributed by atoms with Crippen LogP contribution in [0.5, 0.6) is 0 Å². The molecule has 0 aliphatic carbocycles. The highest BCUT2D eigenvalue weighted by molar-refractivity contribution is 5.94. The molecule has 1 aliphatic rings. The Hall–Kier alpha value is -2.59. The first-order chi connectivity index (χ1) is 12.8. The van der Waals surface area contributed by atoms with Gasteiger partial charge in [0, 0.05) is 24.8 Å². The summed E-state index contributed by atoms with van der Waals surface area (Å²) in [6.45, 7) is 1.75. The van der Waals surface area contributed by atoms with Crippen LogP contribution in [0.2, 0.25) is 0 Å². The molecule has 0 atom stereocenters. The number of likely N-dealkylation sites (N-methyl/N-ethyl adjacent to an activating group) is 1. The molecule has 0 spiro atoms. The first-order valence-corrected chi connectivity index (χ1v) is 8.41. The highest BCUT2D eigenvalue weighted by Crippen LogP contribution is 2.12. The molecule has 1 aromatic rings. The normalized spacial score (nSPS) is 14.1. The standard InChI is InChI=1S/C17H22F2N4O4/c1-22(11-17(26)23-4-6-27-7-5-23)10-16(25)20-9-15(24)21-12-2-3-13(18)14(19)8-12/h2-3,8H,4-7,9-11H2,1H3,(H,20,25)(H,21,24). The average Bonchev–Trinajstić information content (AvgIpc) is 2.63. The molecule has 148 valence electrons. The number of anilines is 1. The topological polar surface area (TPSA) is 91.0 Å². The molecule has 0 unspecified atom stereocenters. The number of halogens is 2. The Kier molecular flexibility index (Phi) is 7.62. The molecule has 1 aliphatic heterocycles. The van der Waals surface area contributed by atoms with Crippen molar-refractivity contribution in [2.24, 2.45) is 0 Å². The van der Waals surface area contributed by atoms with Gasteiger partial charge in [0.05, 0.1) is 32.8 Å². The van der Waals surface area contributed by atoms with E-state index in [1.54, 1.807) is 16.8 Å². The molecular formula is C17H22F2N4O4. The average molecular weight is 384 g/mol. The molecule has 1 aromatic carbocycles. The van der Waals surface area contributed by atoms with Gasteiger partial charge in [-0.1, -0.05) is 0 Å². The summed E-state index contributed by atoms with van der Waals surface area (Å²) in [7, 11) is 1.62. The van der Waals surface area contributed by atoms with Gasteiger partial charge in [-0.3, -0.25) is 19.3 Å². The first kappa shape index (κ1) is 20.7. The number of nitrogens with one attached hydrogen (secondary N) is 2. The number of amides is 3. The molecule has 0 aromatic heterocycles. The second-order valence-corrected chi connectivity index (χ2v) is 6.12. The van der Waals surface area contributed by atoms with Crippen LogP contribution < -0.4 is 10.6 Å². The van der Waals surface area contributed by atoms with Gasteiger partial charge in [-0.05, 0) is 19.2 Å². The van der Waals surface area contributed by atoms with Crippen LogP contribution in [-0.4, -0.2) is 80.5 Å². The van der Waals surface area contributed by atoms with Crippen LogP contribution >= 0.6 is 0 Å². The fraction of sp³-hybridized carbons (Fsp3) is 0.471. The Bertz CT molecular complexity index is 696. The fourth-order valence-electron chi connectivity index (χ4n) is 2.46. The van der Waals surface area contributed by atoms with Crippen molar-refractivity contribution in [3.63, 3.8) is 0 Å². The Labute approximate surface area is 155 Å². The lowest BCUT2D eigenvalue weighted by Crippen LogP contribution is -2.47. The van der Waals surface area contributed by atoms with E-state index in [9.17, 15) is 23.2 Å². The summed E-state index contributed by atoms with van der Waals surface area (Å²) >= 11 is 0. The summed E-state index contributed by atoms with van der Waals surface area (Å²) in [5, 5.41) is 4.75. The Morgan fingerprint density at radius 2 is 1.81 bits per heavy atom. The molecule has 27 heavy (non-hydrogen) atoms. The third-order valence-corrected chi connectivity index (χ3v) is 3.83. The molecule has 0 bridgehead atoms. The van der Waals surface area contributed by atoms with Crippen LogP contribution in [0.25, 0.3) is 0 Å². The number of rotatable bonds is 7. The van der Waals surface area contributed by atoms with E-state index in [1.165, 1.54) is 6.07 Å². The van der Waals surface area contributed by atoms with Crippen LogP contribution in [0, 0.1) is 11.6 Å². The number of hydrogen-bond acceptors (Lipinski definition) is 5. The smallest absolute Gasteiger partial charge is 0.243 e. The number of hydrogen-bond donors (Lipinski definition) is 2. The second kappa shape index (κ2) is 9.93. The zero-order chi connectivity index (χ0) is 19.8. The minimum absolute atomic E-state index is 0.0610. The van der Waals surface area contributed by atoms with Gasteiger partial charge in [0.1, 0.15) is 0 Å². The summed E-state index contributed by atoms with van der Waals surface area (Å²) in [5.74, 6) is -3.21. The van der Waals surface area contributed by atoms with Crippen molar-refractivity contribution in [1.82, 2.24) is 15.1 Å². The van der Waals surface area contributed by atoms with Crippen molar-refractivity contribution in [3.05, 3.63) is 29.8 Å². The number of benzene rings is 1. The Morgan fingerprint density at radius 3 is 2.48 bits per heavy atom. The molecule has 1 saturated heterocycles. The lowest BCUT2D eigenvalue weighted by atomic mass is 10.3. The Morgan fingerprint density at radius 1 is 1.11 bits per heavy atom. The fourth-order valence-corrected chi connectivity index (χ4v) is 2.46. The largest absolute Gasteiger partial charge is 0.378 e. The van der Waals surface area contributed by atoms with E-state index in [4.69, 9.17) is 4.74 Å². The minimum atomic E-state index is -1.08. The monoisotopic (exact) mass is 384 g/mol. The van der Waals surface area contributed by atoms with E-state index in [1.807, 2.05) is 0 Å². The Balaban J connectivity index is 1.69. The number of ether oxygens (including phenoxy) is 1. The predicted octanol–water partition coefficient (Wildman–Crippen LogP) is -0.190. The zero-order valence-electron chi connectivity index (χ0n) is 15.0. The van der Waals surface area contributed by atoms with Crippen molar-refractivity contribution < 1.29 is 27.9 Å². The van der Waals surface area contributed by atoms with E-state index in [0.717, 1.165) is 12.1 Å². The number of carbonyl (C=O) groups excluding carboxylic acids is 3. The maximum Gasteiger partial charge on any atom is 0.243 e. The van der Waals surface area contributed by atoms with E-state index in [0.29, 0.717) is 26.3 Å². The molecule has 0 saturated carbocycles. The van der Waals surface area contributed by atoms with Crippen LogP contribution in [0.15, 0.2) is 18.2 Å². The van der Waals surface area contributed by atoms with Gasteiger partial charge in [-0.2, -0.15) is 0 Å². The summed E-state index contributed by atoms with van der Waals surface area (Å²) in [4.78, 5) is 38.9. The molecule has 8 nitrogen and oxygen atoms in total.